The molecule has 4 heteroatoms. The zero-order valence-corrected chi connectivity index (χ0v) is 12.8. The zero-order valence-electron chi connectivity index (χ0n) is 11.2. The maximum absolute atomic E-state index is 9.24. The van der Waals surface area contributed by atoms with Gasteiger partial charge in [0.2, 0.25) is 0 Å². The summed E-state index contributed by atoms with van der Waals surface area (Å²) in [5.41, 5.74) is 1.14. The molecule has 0 fully saturated rings. The van der Waals surface area contributed by atoms with Gasteiger partial charge in [0.05, 0.1) is 12.7 Å². The van der Waals surface area contributed by atoms with E-state index < -0.39 is 0 Å². The van der Waals surface area contributed by atoms with Gasteiger partial charge in [-0.2, -0.15) is 0 Å². The lowest BCUT2D eigenvalue weighted by Gasteiger charge is -2.18. The Morgan fingerprint density at radius 1 is 1.39 bits per heavy atom. The molecule has 0 aliphatic carbocycles. The summed E-state index contributed by atoms with van der Waals surface area (Å²) in [5.74, 6) is 0.882. The van der Waals surface area contributed by atoms with Gasteiger partial charge in [-0.05, 0) is 38.6 Å². The molecule has 0 saturated carbocycles. The first kappa shape index (κ1) is 15.5. The van der Waals surface area contributed by atoms with E-state index in [9.17, 15) is 5.11 Å². The van der Waals surface area contributed by atoms with Crippen molar-refractivity contribution in [3.8, 4) is 5.75 Å². The average molecular weight is 316 g/mol. The van der Waals surface area contributed by atoms with Crippen molar-refractivity contribution in [2.24, 2.45) is 0 Å². The molecule has 1 rings (SSSR count). The highest BCUT2D eigenvalue weighted by molar-refractivity contribution is 9.10. The molecule has 2 N–H and O–H groups in total. The second-order valence-electron chi connectivity index (χ2n) is 4.45. The minimum atomic E-state index is -0.324. The summed E-state index contributed by atoms with van der Waals surface area (Å²) in [6.45, 7) is 7.42. The Morgan fingerprint density at radius 3 is 2.72 bits per heavy atom. The summed E-state index contributed by atoms with van der Waals surface area (Å²) in [6.07, 6.45) is 0.320. The molecule has 0 heterocycles. The van der Waals surface area contributed by atoms with Gasteiger partial charge in [0.25, 0.3) is 0 Å². The lowest BCUT2D eigenvalue weighted by molar-refractivity contribution is 0.155. The molecular formula is C14H22BrNO2. The lowest BCUT2D eigenvalue weighted by Crippen LogP contribution is -2.19. The Labute approximate surface area is 118 Å². The third-order valence-electron chi connectivity index (χ3n) is 2.74. The van der Waals surface area contributed by atoms with E-state index in [0.29, 0.717) is 13.0 Å². The average Bonchev–Trinajstić information content (AvgIpc) is 2.31. The SMILES string of the molecule is CCNC(C)c1cc(Br)ccc1OCCC(C)O. The molecule has 0 aromatic heterocycles. The highest BCUT2D eigenvalue weighted by Crippen LogP contribution is 2.28. The summed E-state index contributed by atoms with van der Waals surface area (Å²) < 4.78 is 6.80. The van der Waals surface area contributed by atoms with E-state index in [0.717, 1.165) is 22.3 Å². The quantitative estimate of drug-likeness (QED) is 0.811. The number of halogens is 1. The van der Waals surface area contributed by atoms with Gasteiger partial charge in [-0.25, -0.2) is 0 Å². The third-order valence-corrected chi connectivity index (χ3v) is 3.24. The normalized spacial score (nSPS) is 14.3. The van der Waals surface area contributed by atoms with Crippen molar-refractivity contribution in [2.75, 3.05) is 13.2 Å². The molecule has 0 aliphatic rings. The van der Waals surface area contributed by atoms with E-state index in [4.69, 9.17) is 4.74 Å². The monoisotopic (exact) mass is 315 g/mol. The van der Waals surface area contributed by atoms with Crippen LogP contribution < -0.4 is 10.1 Å². The number of rotatable bonds is 7. The van der Waals surface area contributed by atoms with Crippen molar-refractivity contribution < 1.29 is 9.84 Å². The largest absolute Gasteiger partial charge is 0.493 e. The van der Waals surface area contributed by atoms with Crippen LogP contribution in [0.5, 0.6) is 5.75 Å². The van der Waals surface area contributed by atoms with Crippen molar-refractivity contribution >= 4 is 15.9 Å². The van der Waals surface area contributed by atoms with E-state index in [-0.39, 0.29) is 12.1 Å². The molecule has 2 atom stereocenters. The molecule has 0 amide bonds. The number of benzene rings is 1. The molecule has 0 saturated heterocycles. The van der Waals surface area contributed by atoms with Gasteiger partial charge in [-0.3, -0.25) is 0 Å². The van der Waals surface area contributed by atoms with Crippen LogP contribution >= 0.6 is 15.9 Å². The van der Waals surface area contributed by atoms with E-state index in [2.05, 4.69) is 41.2 Å². The number of hydrogen-bond donors (Lipinski definition) is 2. The van der Waals surface area contributed by atoms with Crippen molar-refractivity contribution in [2.45, 2.75) is 39.3 Å². The van der Waals surface area contributed by atoms with Gasteiger partial charge >= 0.3 is 0 Å². The van der Waals surface area contributed by atoms with Crippen LogP contribution in [0.4, 0.5) is 0 Å². The van der Waals surface area contributed by atoms with Gasteiger partial charge in [0, 0.05) is 22.5 Å². The van der Waals surface area contributed by atoms with Crippen LogP contribution in [0.2, 0.25) is 0 Å². The Morgan fingerprint density at radius 2 is 2.11 bits per heavy atom. The molecular weight excluding hydrogens is 294 g/mol. The molecule has 3 nitrogen and oxygen atoms in total. The van der Waals surface area contributed by atoms with Gasteiger partial charge in [0.15, 0.2) is 0 Å². The molecule has 0 radical (unpaired) electrons. The first-order valence-corrected chi connectivity index (χ1v) is 7.17. The minimum Gasteiger partial charge on any atom is -0.493 e. The first-order chi connectivity index (χ1) is 8.54. The second kappa shape index (κ2) is 7.77. The number of ether oxygens (including phenoxy) is 1. The van der Waals surface area contributed by atoms with E-state index in [1.54, 1.807) is 6.92 Å². The Hall–Kier alpha value is -0.580. The van der Waals surface area contributed by atoms with Crippen LogP contribution in [0.1, 0.15) is 38.8 Å². The van der Waals surface area contributed by atoms with Crippen LogP contribution in [0.25, 0.3) is 0 Å². The van der Waals surface area contributed by atoms with Crippen molar-refractivity contribution in [1.82, 2.24) is 5.32 Å². The Bertz CT molecular complexity index is 369. The Balaban J connectivity index is 2.76. The third kappa shape index (κ3) is 4.96. The summed E-state index contributed by atoms with van der Waals surface area (Å²) in [5, 5.41) is 12.6. The van der Waals surface area contributed by atoms with E-state index in [1.165, 1.54) is 0 Å². The maximum Gasteiger partial charge on any atom is 0.124 e. The van der Waals surface area contributed by atoms with E-state index >= 15 is 0 Å². The van der Waals surface area contributed by atoms with Crippen molar-refractivity contribution in [3.05, 3.63) is 28.2 Å². The highest BCUT2D eigenvalue weighted by atomic mass is 79.9. The van der Waals surface area contributed by atoms with Crippen LogP contribution in [-0.4, -0.2) is 24.4 Å². The topological polar surface area (TPSA) is 41.5 Å². The molecule has 0 bridgehead atoms. The summed E-state index contributed by atoms with van der Waals surface area (Å²) in [4.78, 5) is 0. The number of aliphatic hydroxyl groups is 1. The fourth-order valence-electron chi connectivity index (χ4n) is 1.74. The maximum atomic E-state index is 9.24. The predicted octanol–water partition coefficient (Wildman–Crippen LogP) is 3.27. The van der Waals surface area contributed by atoms with Gasteiger partial charge in [0.1, 0.15) is 5.75 Å². The van der Waals surface area contributed by atoms with Gasteiger partial charge < -0.3 is 15.2 Å². The number of aliphatic hydroxyl groups excluding tert-OH is 1. The minimum absolute atomic E-state index is 0.244. The van der Waals surface area contributed by atoms with Crippen LogP contribution in [-0.2, 0) is 0 Å². The molecule has 18 heavy (non-hydrogen) atoms. The molecule has 102 valence electrons. The number of hydrogen-bond acceptors (Lipinski definition) is 3. The standard InChI is InChI=1S/C14H22BrNO2/c1-4-16-11(3)13-9-12(15)5-6-14(13)18-8-7-10(2)17/h5-6,9-11,16-17H,4,7-8H2,1-3H3. The summed E-state index contributed by atoms with van der Waals surface area (Å²) in [6, 6.07) is 6.26. The highest BCUT2D eigenvalue weighted by Gasteiger charge is 2.11. The van der Waals surface area contributed by atoms with Crippen LogP contribution in [0, 0.1) is 0 Å². The predicted molar refractivity (Wildman–Crippen MR) is 78.0 cm³/mol. The van der Waals surface area contributed by atoms with Gasteiger partial charge in [-0.15, -0.1) is 0 Å². The van der Waals surface area contributed by atoms with Crippen LogP contribution in [0.15, 0.2) is 22.7 Å². The van der Waals surface area contributed by atoms with Crippen molar-refractivity contribution in [3.63, 3.8) is 0 Å². The zero-order chi connectivity index (χ0) is 13.5. The molecule has 0 aliphatic heterocycles. The summed E-state index contributed by atoms with van der Waals surface area (Å²) in [7, 11) is 0. The smallest absolute Gasteiger partial charge is 0.124 e. The fourth-order valence-corrected chi connectivity index (χ4v) is 2.12. The van der Waals surface area contributed by atoms with E-state index in [1.807, 2.05) is 12.1 Å². The first-order valence-electron chi connectivity index (χ1n) is 6.38. The van der Waals surface area contributed by atoms with Gasteiger partial charge in [-0.1, -0.05) is 22.9 Å². The van der Waals surface area contributed by atoms with Crippen LogP contribution in [0.3, 0.4) is 0 Å². The van der Waals surface area contributed by atoms with Crippen molar-refractivity contribution in [1.29, 1.82) is 0 Å². The summed E-state index contributed by atoms with van der Waals surface area (Å²) >= 11 is 3.48. The molecule has 1 aromatic carbocycles. The Kier molecular flexibility index (Phi) is 6.68. The lowest BCUT2D eigenvalue weighted by atomic mass is 10.1. The molecule has 1 aromatic rings. The molecule has 2 unspecified atom stereocenters. The fraction of sp³-hybridized carbons (Fsp3) is 0.571. The second-order valence-corrected chi connectivity index (χ2v) is 5.36. The number of nitrogens with one attached hydrogen (secondary N) is 1. The molecule has 0 spiro atoms.